The minimum Gasteiger partial charge on any atom is -0.358 e. The molecule has 0 saturated heterocycles. The summed E-state index contributed by atoms with van der Waals surface area (Å²) in [4.78, 5) is 9.86. The highest BCUT2D eigenvalue weighted by molar-refractivity contribution is 5.21. The Balaban J connectivity index is 2.77. The molecule has 0 aliphatic heterocycles. The van der Waals surface area contributed by atoms with Crippen LogP contribution in [0.15, 0.2) is 6.07 Å². The topological polar surface area (TPSA) is 73.0 Å². The molecule has 1 N–H and O–H groups in total. The highest BCUT2D eigenvalue weighted by atomic mass is 16.6. The summed E-state index contributed by atoms with van der Waals surface area (Å²) in [7, 11) is 1.69. The minimum absolute atomic E-state index is 0.101. The van der Waals surface area contributed by atoms with E-state index in [9.17, 15) is 10.1 Å². The number of nitro groups is 1. The third kappa shape index (κ3) is 2.25. The average Bonchev–Trinajstić information content (AvgIpc) is 2.44. The van der Waals surface area contributed by atoms with Crippen LogP contribution in [0, 0.1) is 10.1 Å². The third-order valence-electron chi connectivity index (χ3n) is 1.71. The fourth-order valence-electron chi connectivity index (χ4n) is 0.997. The van der Waals surface area contributed by atoms with Crippen molar-refractivity contribution in [2.75, 3.05) is 6.54 Å². The van der Waals surface area contributed by atoms with Crippen molar-refractivity contribution < 1.29 is 4.92 Å². The zero-order chi connectivity index (χ0) is 9.84. The summed E-state index contributed by atoms with van der Waals surface area (Å²) in [6, 6.07) is 1.47. The van der Waals surface area contributed by atoms with E-state index in [4.69, 9.17) is 0 Å². The number of aryl methyl sites for hydroxylation is 1. The van der Waals surface area contributed by atoms with Crippen LogP contribution in [0.5, 0.6) is 0 Å². The Hall–Kier alpha value is -1.43. The molecule has 6 nitrogen and oxygen atoms in total. The molecule has 72 valence electrons. The fraction of sp³-hybridized carbons (Fsp3) is 0.571. The number of hydrogen-bond acceptors (Lipinski definition) is 4. The monoisotopic (exact) mass is 184 g/mol. The van der Waals surface area contributed by atoms with Crippen LogP contribution in [0.25, 0.3) is 0 Å². The second-order valence-electron chi connectivity index (χ2n) is 2.65. The van der Waals surface area contributed by atoms with E-state index >= 15 is 0 Å². The maximum atomic E-state index is 10.3. The first-order valence-corrected chi connectivity index (χ1v) is 4.03. The normalized spacial score (nSPS) is 10.3. The van der Waals surface area contributed by atoms with Crippen molar-refractivity contribution in [1.29, 1.82) is 0 Å². The molecule has 6 heteroatoms. The second kappa shape index (κ2) is 3.99. The molecule has 1 heterocycles. The lowest BCUT2D eigenvalue weighted by molar-refractivity contribution is -0.389. The second-order valence-corrected chi connectivity index (χ2v) is 2.65. The van der Waals surface area contributed by atoms with Gasteiger partial charge in [-0.15, -0.1) is 0 Å². The van der Waals surface area contributed by atoms with Gasteiger partial charge in [0, 0.05) is 6.54 Å². The molecule has 0 aromatic carbocycles. The Kier molecular flexibility index (Phi) is 2.97. The molecule has 13 heavy (non-hydrogen) atoms. The maximum absolute atomic E-state index is 10.3. The van der Waals surface area contributed by atoms with Gasteiger partial charge in [0.1, 0.15) is 0 Å². The molecule has 1 aromatic rings. The molecule has 0 spiro atoms. The highest BCUT2D eigenvalue weighted by Gasteiger charge is 2.14. The van der Waals surface area contributed by atoms with Crippen molar-refractivity contribution in [1.82, 2.24) is 15.1 Å². The van der Waals surface area contributed by atoms with E-state index in [1.807, 2.05) is 6.92 Å². The Morgan fingerprint density at radius 2 is 2.46 bits per heavy atom. The van der Waals surface area contributed by atoms with Crippen LogP contribution in [0.2, 0.25) is 0 Å². The molecule has 0 bridgehead atoms. The summed E-state index contributed by atoms with van der Waals surface area (Å²) < 4.78 is 1.51. The van der Waals surface area contributed by atoms with Gasteiger partial charge in [0.25, 0.3) is 0 Å². The van der Waals surface area contributed by atoms with E-state index in [-0.39, 0.29) is 5.82 Å². The maximum Gasteiger partial charge on any atom is 0.390 e. The zero-order valence-corrected chi connectivity index (χ0v) is 7.65. The van der Waals surface area contributed by atoms with Crippen molar-refractivity contribution in [3.8, 4) is 0 Å². The van der Waals surface area contributed by atoms with Gasteiger partial charge in [-0.3, -0.25) is 0 Å². The SMILES string of the molecule is CCNCc1cc([N+](=O)[O-])nn1C. The molecular formula is C7H12N4O2. The quantitative estimate of drug-likeness (QED) is 0.544. The predicted octanol–water partition coefficient (Wildman–Crippen LogP) is 0.438. The molecule has 0 fully saturated rings. The van der Waals surface area contributed by atoms with Gasteiger partial charge in [0.05, 0.1) is 23.9 Å². The van der Waals surface area contributed by atoms with Crippen molar-refractivity contribution in [2.45, 2.75) is 13.5 Å². The molecule has 0 saturated carbocycles. The van der Waals surface area contributed by atoms with Gasteiger partial charge in [0.15, 0.2) is 0 Å². The van der Waals surface area contributed by atoms with E-state index in [2.05, 4.69) is 10.4 Å². The van der Waals surface area contributed by atoms with Gasteiger partial charge < -0.3 is 15.4 Å². The Morgan fingerprint density at radius 3 is 2.92 bits per heavy atom. The van der Waals surface area contributed by atoms with Gasteiger partial charge in [-0.25, -0.2) is 0 Å². The van der Waals surface area contributed by atoms with Gasteiger partial charge in [-0.2, -0.15) is 4.68 Å². The van der Waals surface area contributed by atoms with E-state index in [0.717, 1.165) is 12.2 Å². The average molecular weight is 184 g/mol. The lowest BCUT2D eigenvalue weighted by atomic mass is 10.4. The number of hydrogen-bond donors (Lipinski definition) is 1. The largest absolute Gasteiger partial charge is 0.390 e. The lowest BCUT2D eigenvalue weighted by Gasteiger charge is -1.97. The molecule has 0 atom stereocenters. The van der Waals surface area contributed by atoms with E-state index in [0.29, 0.717) is 6.54 Å². The predicted molar refractivity (Wildman–Crippen MR) is 47.2 cm³/mol. The van der Waals surface area contributed by atoms with Gasteiger partial charge in [-0.05, 0) is 11.5 Å². The Bertz CT molecular complexity index is 307. The standard InChI is InChI=1S/C7H12N4O2/c1-3-8-5-6-4-7(11(12)13)9-10(6)2/h4,8H,3,5H2,1-2H3. The first kappa shape index (κ1) is 9.66. The summed E-state index contributed by atoms with van der Waals surface area (Å²) in [5, 5.41) is 17.2. The van der Waals surface area contributed by atoms with Crippen LogP contribution in [0.3, 0.4) is 0 Å². The van der Waals surface area contributed by atoms with Crippen molar-refractivity contribution in [3.63, 3.8) is 0 Å². The zero-order valence-electron chi connectivity index (χ0n) is 7.65. The molecule has 0 amide bonds. The number of rotatable bonds is 4. The van der Waals surface area contributed by atoms with E-state index < -0.39 is 4.92 Å². The first-order chi connectivity index (χ1) is 6.15. The lowest BCUT2D eigenvalue weighted by Crippen LogP contribution is -2.14. The van der Waals surface area contributed by atoms with Crippen LogP contribution < -0.4 is 5.32 Å². The molecule has 1 rings (SSSR count). The summed E-state index contributed by atoms with van der Waals surface area (Å²) >= 11 is 0. The molecule has 1 aromatic heterocycles. The van der Waals surface area contributed by atoms with E-state index in [1.165, 1.54) is 10.7 Å². The van der Waals surface area contributed by atoms with Crippen molar-refractivity contribution in [3.05, 3.63) is 21.9 Å². The van der Waals surface area contributed by atoms with Crippen LogP contribution in [-0.4, -0.2) is 21.2 Å². The smallest absolute Gasteiger partial charge is 0.358 e. The summed E-state index contributed by atoms with van der Waals surface area (Å²) in [6.07, 6.45) is 0. The van der Waals surface area contributed by atoms with Crippen LogP contribution >= 0.6 is 0 Å². The third-order valence-corrected chi connectivity index (χ3v) is 1.71. The van der Waals surface area contributed by atoms with Gasteiger partial charge in [0.2, 0.25) is 0 Å². The molecular weight excluding hydrogens is 172 g/mol. The molecule has 0 radical (unpaired) electrons. The summed E-state index contributed by atoms with van der Waals surface area (Å²) in [5.41, 5.74) is 0.813. The fourth-order valence-corrected chi connectivity index (χ4v) is 0.997. The van der Waals surface area contributed by atoms with Crippen molar-refractivity contribution in [2.24, 2.45) is 7.05 Å². The van der Waals surface area contributed by atoms with Crippen LogP contribution in [0.4, 0.5) is 5.82 Å². The number of nitrogens with one attached hydrogen (secondary N) is 1. The molecule has 0 unspecified atom stereocenters. The summed E-state index contributed by atoms with van der Waals surface area (Å²) in [5.74, 6) is -0.101. The minimum atomic E-state index is -0.491. The van der Waals surface area contributed by atoms with Gasteiger partial charge in [-0.1, -0.05) is 6.92 Å². The highest BCUT2D eigenvalue weighted by Crippen LogP contribution is 2.09. The first-order valence-electron chi connectivity index (χ1n) is 4.03. The number of aromatic nitrogens is 2. The van der Waals surface area contributed by atoms with Crippen LogP contribution in [0.1, 0.15) is 12.6 Å². The molecule has 0 aliphatic rings. The Morgan fingerprint density at radius 1 is 1.77 bits per heavy atom. The van der Waals surface area contributed by atoms with E-state index in [1.54, 1.807) is 7.05 Å². The van der Waals surface area contributed by atoms with Crippen molar-refractivity contribution >= 4 is 5.82 Å². The Labute approximate surface area is 75.7 Å². The summed E-state index contributed by atoms with van der Waals surface area (Å²) in [6.45, 7) is 3.41. The van der Waals surface area contributed by atoms with Crippen LogP contribution in [-0.2, 0) is 13.6 Å². The van der Waals surface area contributed by atoms with Gasteiger partial charge >= 0.3 is 5.82 Å². The number of nitrogens with zero attached hydrogens (tertiary/aromatic N) is 3. The molecule has 0 aliphatic carbocycles.